The fraction of sp³-hybridized carbons (Fsp3) is 0.600. The summed E-state index contributed by atoms with van der Waals surface area (Å²) in [5.74, 6) is 0.340. The summed E-state index contributed by atoms with van der Waals surface area (Å²) >= 11 is 1.20. The third kappa shape index (κ3) is 3.42. The number of hydrogen-bond acceptors (Lipinski definition) is 5. The van der Waals surface area contributed by atoms with Gasteiger partial charge in [0.15, 0.2) is 4.21 Å². The van der Waals surface area contributed by atoms with Crippen LogP contribution in [0.3, 0.4) is 0 Å². The van der Waals surface area contributed by atoms with Crippen LogP contribution < -0.4 is 4.72 Å². The minimum atomic E-state index is -3.62. The van der Waals surface area contributed by atoms with Crippen molar-refractivity contribution in [3.8, 4) is 0 Å². The summed E-state index contributed by atoms with van der Waals surface area (Å²) in [6.45, 7) is 3.54. The molecule has 0 unspecified atom stereocenters. The van der Waals surface area contributed by atoms with E-state index in [4.69, 9.17) is 0 Å². The number of rotatable bonds is 4. The Labute approximate surface area is 141 Å². The molecule has 126 valence electrons. The van der Waals surface area contributed by atoms with Crippen LogP contribution in [-0.2, 0) is 17.1 Å². The lowest BCUT2D eigenvalue weighted by molar-refractivity contribution is 0.434. The number of anilines is 1. The van der Waals surface area contributed by atoms with Gasteiger partial charge in [-0.1, -0.05) is 19.3 Å². The van der Waals surface area contributed by atoms with E-state index in [1.807, 2.05) is 14.0 Å². The van der Waals surface area contributed by atoms with Crippen molar-refractivity contribution in [3.63, 3.8) is 0 Å². The molecule has 0 amide bonds. The van der Waals surface area contributed by atoms with E-state index in [9.17, 15) is 8.42 Å². The van der Waals surface area contributed by atoms with Crippen LogP contribution in [0.25, 0.3) is 0 Å². The van der Waals surface area contributed by atoms with Gasteiger partial charge in [0.1, 0.15) is 0 Å². The zero-order valence-electron chi connectivity index (χ0n) is 13.7. The largest absolute Gasteiger partial charge is 0.275 e. The van der Waals surface area contributed by atoms with Crippen LogP contribution in [0.4, 0.5) is 5.69 Å². The molecule has 0 aromatic carbocycles. The van der Waals surface area contributed by atoms with Gasteiger partial charge in [-0.3, -0.25) is 9.40 Å². The summed E-state index contributed by atoms with van der Waals surface area (Å²) in [6, 6.07) is 0. The van der Waals surface area contributed by atoms with Crippen molar-refractivity contribution in [2.45, 2.75) is 56.1 Å². The second-order valence-electron chi connectivity index (χ2n) is 6.15. The Bertz CT molecular complexity index is 802. The fourth-order valence-electron chi connectivity index (χ4n) is 3.21. The lowest BCUT2D eigenvalue weighted by Gasteiger charge is -2.21. The molecule has 1 N–H and O–H groups in total. The zero-order valence-corrected chi connectivity index (χ0v) is 15.3. The third-order valence-corrected chi connectivity index (χ3v) is 7.25. The summed E-state index contributed by atoms with van der Waals surface area (Å²) in [5.41, 5.74) is 2.02. The first-order valence-corrected chi connectivity index (χ1v) is 10.2. The van der Waals surface area contributed by atoms with E-state index < -0.39 is 10.0 Å². The zero-order chi connectivity index (χ0) is 16.6. The second kappa shape index (κ2) is 6.24. The Morgan fingerprint density at radius 3 is 2.57 bits per heavy atom. The Kier molecular flexibility index (Phi) is 4.46. The van der Waals surface area contributed by atoms with Gasteiger partial charge in [0.2, 0.25) is 0 Å². The van der Waals surface area contributed by atoms with E-state index in [0.29, 0.717) is 17.3 Å². The van der Waals surface area contributed by atoms with Crippen molar-refractivity contribution >= 4 is 27.0 Å². The van der Waals surface area contributed by atoms with Gasteiger partial charge in [0, 0.05) is 19.2 Å². The Hall–Kier alpha value is -1.41. The van der Waals surface area contributed by atoms with Crippen LogP contribution in [0, 0.1) is 13.8 Å². The average Bonchev–Trinajstić information content (AvgIpc) is 3.02. The molecule has 1 aliphatic rings. The van der Waals surface area contributed by atoms with Crippen molar-refractivity contribution < 1.29 is 8.42 Å². The molecule has 2 aromatic heterocycles. The molecule has 0 bridgehead atoms. The van der Waals surface area contributed by atoms with Gasteiger partial charge in [0.05, 0.1) is 22.1 Å². The van der Waals surface area contributed by atoms with Crippen LogP contribution in [-0.4, -0.2) is 23.2 Å². The van der Waals surface area contributed by atoms with Crippen molar-refractivity contribution in [2.75, 3.05) is 4.72 Å². The molecule has 23 heavy (non-hydrogen) atoms. The summed E-state index contributed by atoms with van der Waals surface area (Å²) < 4.78 is 30.1. The number of aryl methyl sites for hydroxylation is 3. The standard InChI is InChI=1S/C15H22N4O2S2/c1-10-15(22-11(2)16-10)23(20,21)18-13-9-19(3)17-14(13)12-7-5-4-6-8-12/h9,12,18H,4-8H2,1-3H3. The van der Waals surface area contributed by atoms with E-state index in [0.717, 1.165) is 23.5 Å². The van der Waals surface area contributed by atoms with Crippen LogP contribution >= 0.6 is 11.3 Å². The van der Waals surface area contributed by atoms with Gasteiger partial charge < -0.3 is 0 Å². The molecule has 2 heterocycles. The van der Waals surface area contributed by atoms with Crippen molar-refractivity contribution in [1.29, 1.82) is 0 Å². The third-order valence-electron chi connectivity index (χ3n) is 4.20. The lowest BCUT2D eigenvalue weighted by atomic mass is 9.86. The number of thiazole rings is 1. The topological polar surface area (TPSA) is 76.9 Å². The predicted molar refractivity (Wildman–Crippen MR) is 91.4 cm³/mol. The molecule has 8 heteroatoms. The average molecular weight is 355 g/mol. The number of aromatic nitrogens is 3. The molecular weight excluding hydrogens is 332 g/mol. The first kappa shape index (κ1) is 16.4. The molecule has 0 aliphatic heterocycles. The van der Waals surface area contributed by atoms with Crippen LogP contribution in [0.2, 0.25) is 0 Å². The predicted octanol–water partition coefficient (Wildman–Crippen LogP) is 3.34. The van der Waals surface area contributed by atoms with Crippen molar-refractivity contribution in [2.24, 2.45) is 7.05 Å². The second-order valence-corrected chi connectivity index (χ2v) is 9.23. The normalized spacial score (nSPS) is 16.7. The molecule has 1 fully saturated rings. The molecule has 0 radical (unpaired) electrons. The van der Waals surface area contributed by atoms with Gasteiger partial charge in [-0.25, -0.2) is 13.4 Å². The number of nitrogens with zero attached hydrogens (tertiary/aromatic N) is 3. The summed E-state index contributed by atoms with van der Waals surface area (Å²) in [6.07, 6.45) is 7.52. The molecule has 2 aromatic rings. The van der Waals surface area contributed by atoms with Gasteiger partial charge in [-0.05, 0) is 26.7 Å². The Morgan fingerprint density at radius 2 is 1.96 bits per heavy atom. The highest BCUT2D eigenvalue weighted by Crippen LogP contribution is 2.36. The summed E-state index contributed by atoms with van der Waals surface area (Å²) in [7, 11) is -1.79. The van der Waals surface area contributed by atoms with E-state index >= 15 is 0 Å². The van der Waals surface area contributed by atoms with E-state index in [1.165, 1.54) is 30.6 Å². The molecule has 0 spiro atoms. The maximum absolute atomic E-state index is 12.7. The minimum Gasteiger partial charge on any atom is -0.275 e. The Balaban J connectivity index is 1.92. The number of hydrogen-bond donors (Lipinski definition) is 1. The lowest BCUT2D eigenvalue weighted by Crippen LogP contribution is -2.15. The van der Waals surface area contributed by atoms with Gasteiger partial charge in [0.25, 0.3) is 10.0 Å². The molecule has 0 saturated heterocycles. The highest BCUT2D eigenvalue weighted by Gasteiger charge is 2.26. The molecule has 0 atom stereocenters. The number of sulfonamides is 1. The van der Waals surface area contributed by atoms with Crippen LogP contribution in [0.1, 0.15) is 54.4 Å². The molecule has 3 rings (SSSR count). The van der Waals surface area contributed by atoms with Crippen LogP contribution in [0.5, 0.6) is 0 Å². The minimum absolute atomic E-state index is 0.286. The maximum Gasteiger partial charge on any atom is 0.273 e. The number of nitrogens with one attached hydrogen (secondary N) is 1. The SMILES string of the molecule is Cc1nc(C)c(S(=O)(=O)Nc2cn(C)nc2C2CCCCC2)s1. The monoisotopic (exact) mass is 354 g/mol. The van der Waals surface area contributed by atoms with Gasteiger partial charge >= 0.3 is 0 Å². The smallest absolute Gasteiger partial charge is 0.273 e. The van der Waals surface area contributed by atoms with Crippen LogP contribution in [0.15, 0.2) is 10.4 Å². The molecular formula is C15H22N4O2S2. The first-order valence-electron chi connectivity index (χ1n) is 7.87. The van der Waals surface area contributed by atoms with Gasteiger partial charge in [-0.2, -0.15) is 5.10 Å². The molecule has 6 nitrogen and oxygen atoms in total. The van der Waals surface area contributed by atoms with E-state index in [2.05, 4.69) is 14.8 Å². The quantitative estimate of drug-likeness (QED) is 0.913. The fourth-order valence-corrected chi connectivity index (χ4v) is 5.76. The highest BCUT2D eigenvalue weighted by atomic mass is 32.2. The Morgan fingerprint density at radius 1 is 1.26 bits per heavy atom. The molecule has 1 saturated carbocycles. The summed E-state index contributed by atoms with van der Waals surface area (Å²) in [4.78, 5) is 4.21. The highest BCUT2D eigenvalue weighted by molar-refractivity contribution is 7.94. The van der Waals surface area contributed by atoms with E-state index in [-0.39, 0.29) is 4.21 Å². The van der Waals surface area contributed by atoms with Gasteiger partial charge in [-0.15, -0.1) is 11.3 Å². The van der Waals surface area contributed by atoms with Crippen molar-refractivity contribution in [3.05, 3.63) is 22.6 Å². The van der Waals surface area contributed by atoms with Crippen molar-refractivity contribution in [1.82, 2.24) is 14.8 Å². The summed E-state index contributed by atoms with van der Waals surface area (Å²) in [5, 5.41) is 5.27. The first-order chi connectivity index (χ1) is 10.9. The van der Waals surface area contributed by atoms with E-state index in [1.54, 1.807) is 17.8 Å². The maximum atomic E-state index is 12.7. The molecule has 1 aliphatic carbocycles.